The first-order valence-electron chi connectivity index (χ1n) is 3.00. The Labute approximate surface area is 65.8 Å². The molecule has 1 aromatic rings. The average molecular weight is 154 g/mol. The van der Waals surface area contributed by atoms with Crippen molar-refractivity contribution in [1.82, 2.24) is 0 Å². The first kappa shape index (κ1) is 7.44. The fourth-order valence-electron chi connectivity index (χ4n) is 0.810. The number of nitrogen functional groups attached to an aromatic ring is 1. The van der Waals surface area contributed by atoms with Gasteiger partial charge in [0.1, 0.15) is 0 Å². The normalized spacial score (nSPS) is 9.50. The predicted molar refractivity (Wildman–Crippen MR) is 46.2 cm³/mol. The Balaban J connectivity index is 3.07. The van der Waals surface area contributed by atoms with Crippen LogP contribution >= 0.6 is 12.6 Å². The van der Waals surface area contributed by atoms with Gasteiger partial charge < -0.3 is 5.43 Å². The van der Waals surface area contributed by atoms with Gasteiger partial charge in [0.15, 0.2) is 0 Å². The van der Waals surface area contributed by atoms with Crippen LogP contribution in [0.3, 0.4) is 0 Å². The molecule has 3 N–H and O–H groups in total. The third kappa shape index (κ3) is 1.43. The van der Waals surface area contributed by atoms with Crippen molar-refractivity contribution < 1.29 is 0 Å². The maximum atomic E-state index is 5.23. The number of aryl methyl sites for hydroxylation is 1. The van der Waals surface area contributed by atoms with Crippen molar-refractivity contribution in [3.8, 4) is 0 Å². The van der Waals surface area contributed by atoms with E-state index >= 15 is 0 Å². The quantitative estimate of drug-likeness (QED) is 0.326. The van der Waals surface area contributed by atoms with Gasteiger partial charge in [-0.3, -0.25) is 5.84 Å². The van der Waals surface area contributed by atoms with Crippen molar-refractivity contribution in [2.24, 2.45) is 5.84 Å². The summed E-state index contributed by atoms with van der Waals surface area (Å²) in [5.41, 5.74) is 4.64. The first-order chi connectivity index (χ1) is 4.74. The molecule has 0 atom stereocenters. The smallest absolute Gasteiger partial charge is 0.0515 e. The van der Waals surface area contributed by atoms with Crippen molar-refractivity contribution in [2.45, 2.75) is 11.8 Å². The van der Waals surface area contributed by atoms with Crippen LogP contribution in [0.4, 0.5) is 5.69 Å². The second-order valence-corrected chi connectivity index (χ2v) is 2.66. The molecule has 0 fully saturated rings. The number of nitrogens with two attached hydrogens (primary N) is 1. The van der Waals surface area contributed by atoms with Gasteiger partial charge in [0.25, 0.3) is 0 Å². The molecule has 1 aromatic carbocycles. The van der Waals surface area contributed by atoms with Crippen molar-refractivity contribution in [3.05, 3.63) is 23.8 Å². The number of nitrogens with one attached hydrogen (secondary N) is 1. The highest BCUT2D eigenvalue weighted by atomic mass is 32.1. The summed E-state index contributed by atoms with van der Waals surface area (Å²) in [6, 6.07) is 5.75. The van der Waals surface area contributed by atoms with Crippen LogP contribution in [-0.2, 0) is 0 Å². The monoisotopic (exact) mass is 154 g/mol. The second kappa shape index (κ2) is 2.94. The summed E-state index contributed by atoms with van der Waals surface area (Å²) in [6.45, 7) is 1.98. The van der Waals surface area contributed by atoms with E-state index in [4.69, 9.17) is 5.84 Å². The lowest BCUT2D eigenvalue weighted by molar-refractivity contribution is 1.28. The fourth-order valence-corrected chi connectivity index (χ4v) is 1.08. The highest BCUT2D eigenvalue weighted by Crippen LogP contribution is 2.16. The van der Waals surface area contributed by atoms with Gasteiger partial charge in [0.2, 0.25) is 0 Å². The van der Waals surface area contributed by atoms with Crippen LogP contribution < -0.4 is 11.3 Å². The third-order valence-electron chi connectivity index (χ3n) is 1.37. The average Bonchev–Trinajstić information content (AvgIpc) is 1.88. The Morgan fingerprint density at radius 3 is 2.70 bits per heavy atom. The molecule has 0 saturated heterocycles. The minimum Gasteiger partial charge on any atom is -0.324 e. The number of hydrazine groups is 1. The Bertz CT molecular complexity index is 235. The lowest BCUT2D eigenvalue weighted by atomic mass is 10.2. The van der Waals surface area contributed by atoms with E-state index in [-0.39, 0.29) is 0 Å². The van der Waals surface area contributed by atoms with E-state index in [0.29, 0.717) is 0 Å². The van der Waals surface area contributed by atoms with Crippen LogP contribution in [0.1, 0.15) is 5.56 Å². The Morgan fingerprint density at radius 2 is 2.20 bits per heavy atom. The molecule has 0 spiro atoms. The summed E-state index contributed by atoms with van der Waals surface area (Å²) in [6.07, 6.45) is 0. The molecule has 0 aliphatic heterocycles. The Morgan fingerprint density at radius 1 is 1.50 bits per heavy atom. The van der Waals surface area contributed by atoms with Gasteiger partial charge in [-0.15, -0.1) is 12.6 Å². The van der Waals surface area contributed by atoms with Crippen LogP contribution in [-0.4, -0.2) is 0 Å². The van der Waals surface area contributed by atoms with Gasteiger partial charge in [-0.1, -0.05) is 0 Å². The van der Waals surface area contributed by atoms with Gasteiger partial charge in [0, 0.05) is 4.90 Å². The summed E-state index contributed by atoms with van der Waals surface area (Å²) in [5, 5.41) is 0. The van der Waals surface area contributed by atoms with Crippen LogP contribution in [0.15, 0.2) is 23.1 Å². The molecule has 0 unspecified atom stereocenters. The van der Waals surface area contributed by atoms with Crippen molar-refractivity contribution in [2.75, 3.05) is 5.43 Å². The van der Waals surface area contributed by atoms with E-state index in [9.17, 15) is 0 Å². The van der Waals surface area contributed by atoms with Gasteiger partial charge in [-0.25, -0.2) is 0 Å². The molecule has 0 aliphatic rings. The molecular formula is C7H10N2S. The number of hydrogen-bond acceptors (Lipinski definition) is 3. The van der Waals surface area contributed by atoms with Crippen molar-refractivity contribution in [3.63, 3.8) is 0 Å². The second-order valence-electron chi connectivity index (χ2n) is 2.14. The zero-order valence-corrected chi connectivity index (χ0v) is 6.65. The maximum Gasteiger partial charge on any atom is 0.0515 e. The largest absolute Gasteiger partial charge is 0.324 e. The van der Waals surface area contributed by atoms with E-state index in [0.717, 1.165) is 16.1 Å². The maximum absolute atomic E-state index is 5.23. The summed E-state index contributed by atoms with van der Waals surface area (Å²) in [7, 11) is 0. The standard InChI is InChI=1S/C7H10N2S/c1-5-4-6(10)2-3-7(5)9-8/h2-4,9-10H,8H2,1H3. The topological polar surface area (TPSA) is 38.0 Å². The molecule has 0 amide bonds. The van der Waals surface area contributed by atoms with E-state index < -0.39 is 0 Å². The summed E-state index contributed by atoms with van der Waals surface area (Å²) in [5.74, 6) is 5.23. The molecule has 54 valence electrons. The van der Waals surface area contributed by atoms with Crippen LogP contribution in [0.5, 0.6) is 0 Å². The Kier molecular flexibility index (Phi) is 2.19. The molecule has 0 aliphatic carbocycles. The molecular weight excluding hydrogens is 144 g/mol. The van der Waals surface area contributed by atoms with Gasteiger partial charge in [0.05, 0.1) is 5.69 Å². The summed E-state index contributed by atoms with van der Waals surface area (Å²) >= 11 is 4.17. The van der Waals surface area contributed by atoms with Crippen molar-refractivity contribution >= 4 is 18.3 Å². The SMILES string of the molecule is Cc1cc(S)ccc1NN. The van der Waals surface area contributed by atoms with E-state index in [2.05, 4.69) is 18.1 Å². The summed E-state index contributed by atoms with van der Waals surface area (Å²) < 4.78 is 0. The molecule has 10 heavy (non-hydrogen) atoms. The van der Waals surface area contributed by atoms with E-state index in [1.807, 2.05) is 25.1 Å². The van der Waals surface area contributed by atoms with Gasteiger partial charge in [-0.05, 0) is 30.7 Å². The molecule has 2 nitrogen and oxygen atoms in total. The molecule has 1 rings (SSSR count). The van der Waals surface area contributed by atoms with Gasteiger partial charge >= 0.3 is 0 Å². The Hall–Kier alpha value is -0.670. The molecule has 0 bridgehead atoms. The lowest BCUT2D eigenvalue weighted by Gasteiger charge is -2.03. The minimum atomic E-state index is 0.942. The number of rotatable bonds is 1. The first-order valence-corrected chi connectivity index (χ1v) is 3.45. The number of thiol groups is 1. The van der Waals surface area contributed by atoms with Crippen molar-refractivity contribution in [1.29, 1.82) is 0 Å². The zero-order chi connectivity index (χ0) is 7.56. The predicted octanol–water partition coefficient (Wildman–Crippen LogP) is 1.57. The fraction of sp³-hybridized carbons (Fsp3) is 0.143. The van der Waals surface area contributed by atoms with E-state index in [1.54, 1.807) is 0 Å². The molecule has 3 heteroatoms. The van der Waals surface area contributed by atoms with Crippen LogP contribution in [0.25, 0.3) is 0 Å². The van der Waals surface area contributed by atoms with Crippen LogP contribution in [0.2, 0.25) is 0 Å². The lowest BCUT2D eigenvalue weighted by Crippen LogP contribution is -2.07. The zero-order valence-electron chi connectivity index (χ0n) is 5.76. The molecule has 0 heterocycles. The number of hydrogen-bond donors (Lipinski definition) is 3. The molecule has 0 saturated carbocycles. The van der Waals surface area contributed by atoms with Crippen LogP contribution in [0, 0.1) is 6.92 Å². The number of anilines is 1. The van der Waals surface area contributed by atoms with Gasteiger partial charge in [-0.2, -0.15) is 0 Å². The van der Waals surface area contributed by atoms with E-state index in [1.165, 1.54) is 0 Å². The molecule has 0 radical (unpaired) electrons. The number of benzene rings is 1. The minimum absolute atomic E-state index is 0.942. The highest BCUT2D eigenvalue weighted by Gasteiger charge is 1.93. The highest BCUT2D eigenvalue weighted by molar-refractivity contribution is 7.80. The molecule has 0 aromatic heterocycles. The third-order valence-corrected chi connectivity index (χ3v) is 1.64. The summed E-state index contributed by atoms with van der Waals surface area (Å²) in [4.78, 5) is 0.955.